The van der Waals surface area contributed by atoms with Gasteiger partial charge in [0.1, 0.15) is 19.4 Å². The second kappa shape index (κ2) is 2.50. The van der Waals surface area contributed by atoms with E-state index in [2.05, 4.69) is 0 Å². The molecule has 0 atom stereocenters. The Morgan fingerprint density at radius 3 is 2.60 bits per heavy atom. The van der Waals surface area contributed by atoms with Gasteiger partial charge in [-0.15, -0.1) is 0 Å². The summed E-state index contributed by atoms with van der Waals surface area (Å²) in [5.41, 5.74) is 0.575. The average molecular weight is 158 g/mol. The summed E-state index contributed by atoms with van der Waals surface area (Å²) in [4.78, 5) is 0. The first kappa shape index (κ1) is 7.41. The molecule has 1 aromatic rings. The van der Waals surface area contributed by atoms with E-state index in [1.54, 1.807) is 7.85 Å². The highest BCUT2D eigenvalue weighted by molar-refractivity contribution is 6.37. The summed E-state index contributed by atoms with van der Waals surface area (Å²) in [6, 6.07) is 2.38. The second-order valence-corrected chi connectivity index (χ2v) is 2.46. The zero-order valence-corrected chi connectivity index (χ0v) is 6.11. The number of benzene rings is 1. The van der Waals surface area contributed by atoms with Gasteiger partial charge in [-0.2, -0.15) is 0 Å². The average Bonchev–Trinajstić information content (AvgIpc) is 1.84. The number of phenols is 1. The summed E-state index contributed by atoms with van der Waals surface area (Å²) >= 11 is 5.40. The van der Waals surface area contributed by atoms with Crippen molar-refractivity contribution in [2.24, 2.45) is 0 Å². The van der Waals surface area contributed by atoms with E-state index in [0.717, 1.165) is 6.07 Å². The molecule has 0 saturated heterocycles. The van der Waals surface area contributed by atoms with Crippen molar-refractivity contribution in [3.8, 4) is 5.75 Å². The van der Waals surface area contributed by atoms with Crippen molar-refractivity contribution in [1.82, 2.24) is 0 Å². The van der Waals surface area contributed by atoms with Crippen LogP contribution in [0.3, 0.4) is 0 Å². The number of hydrogen-bond acceptors (Lipinski definition) is 1. The van der Waals surface area contributed by atoms with E-state index < -0.39 is 5.82 Å². The van der Waals surface area contributed by atoms with Gasteiger partial charge >= 0.3 is 0 Å². The molecule has 0 heterocycles. The van der Waals surface area contributed by atoms with E-state index in [1.807, 2.05) is 0 Å². The Kier molecular flexibility index (Phi) is 1.86. The van der Waals surface area contributed by atoms with E-state index in [0.29, 0.717) is 5.46 Å². The molecule has 4 heteroatoms. The highest BCUT2D eigenvalue weighted by Crippen LogP contribution is 2.16. The molecule has 0 fully saturated rings. The standard InChI is InChI=1S/C6H5BClFO/c7-3-1-4(8)5(9)2-6(3)10/h1-2,10H,7H2. The van der Waals surface area contributed by atoms with Gasteiger partial charge in [-0.1, -0.05) is 11.6 Å². The monoisotopic (exact) mass is 158 g/mol. The summed E-state index contributed by atoms with van der Waals surface area (Å²) in [5, 5.41) is 8.96. The largest absolute Gasteiger partial charge is 0.508 e. The number of halogens is 2. The molecule has 1 rings (SSSR count). The summed E-state index contributed by atoms with van der Waals surface area (Å²) in [7, 11) is 1.65. The Hall–Kier alpha value is -0.695. The summed E-state index contributed by atoms with van der Waals surface area (Å²) in [6.45, 7) is 0. The number of hydrogen-bond donors (Lipinski definition) is 1. The van der Waals surface area contributed by atoms with Gasteiger partial charge < -0.3 is 5.11 Å². The highest BCUT2D eigenvalue weighted by Gasteiger charge is 2.02. The normalized spacial score (nSPS) is 9.80. The van der Waals surface area contributed by atoms with Gasteiger partial charge in [0, 0.05) is 6.07 Å². The fourth-order valence-corrected chi connectivity index (χ4v) is 0.854. The summed E-state index contributed by atoms with van der Waals surface area (Å²) < 4.78 is 12.5. The molecular weight excluding hydrogens is 153 g/mol. The number of aromatic hydroxyl groups is 1. The fraction of sp³-hybridized carbons (Fsp3) is 0. The Morgan fingerprint density at radius 2 is 2.10 bits per heavy atom. The zero-order valence-electron chi connectivity index (χ0n) is 5.36. The van der Waals surface area contributed by atoms with Gasteiger partial charge in [0.2, 0.25) is 0 Å². The topological polar surface area (TPSA) is 20.2 Å². The van der Waals surface area contributed by atoms with Crippen LogP contribution in [0.15, 0.2) is 12.1 Å². The van der Waals surface area contributed by atoms with Crippen LogP contribution in [0.4, 0.5) is 4.39 Å². The Balaban J connectivity index is 3.28. The van der Waals surface area contributed by atoms with Crippen LogP contribution in [0.25, 0.3) is 0 Å². The molecule has 10 heavy (non-hydrogen) atoms. The molecule has 1 nitrogen and oxygen atoms in total. The van der Waals surface area contributed by atoms with Crippen LogP contribution in [-0.2, 0) is 0 Å². The molecule has 0 saturated carbocycles. The number of phenolic OH excluding ortho intramolecular Hbond substituents is 1. The van der Waals surface area contributed by atoms with Gasteiger partial charge in [-0.3, -0.25) is 0 Å². The third-order valence-corrected chi connectivity index (χ3v) is 1.53. The van der Waals surface area contributed by atoms with Crippen LogP contribution in [0.5, 0.6) is 5.75 Å². The molecule has 0 bridgehead atoms. The maximum Gasteiger partial charge on any atom is 0.145 e. The first-order chi connectivity index (χ1) is 4.61. The molecule has 0 aliphatic rings. The van der Waals surface area contributed by atoms with Crippen LogP contribution in [-0.4, -0.2) is 13.0 Å². The third-order valence-electron chi connectivity index (χ3n) is 1.24. The summed E-state index contributed by atoms with van der Waals surface area (Å²) in [5.74, 6) is -0.660. The van der Waals surface area contributed by atoms with Gasteiger partial charge in [0.15, 0.2) is 0 Å². The lowest BCUT2D eigenvalue weighted by Gasteiger charge is -1.98. The molecule has 52 valence electrons. The van der Waals surface area contributed by atoms with Crippen molar-refractivity contribution in [2.75, 3.05) is 0 Å². The van der Waals surface area contributed by atoms with E-state index >= 15 is 0 Å². The zero-order chi connectivity index (χ0) is 7.72. The van der Waals surface area contributed by atoms with Gasteiger partial charge in [-0.25, -0.2) is 4.39 Å². The van der Waals surface area contributed by atoms with E-state index in [-0.39, 0.29) is 10.8 Å². The molecule has 0 aliphatic heterocycles. The molecule has 0 aliphatic carbocycles. The van der Waals surface area contributed by atoms with Crippen LogP contribution in [0.1, 0.15) is 0 Å². The Bertz CT molecular complexity index is 214. The lowest BCUT2D eigenvalue weighted by molar-refractivity contribution is 0.473. The van der Waals surface area contributed by atoms with Crippen molar-refractivity contribution in [1.29, 1.82) is 0 Å². The Labute approximate surface area is 63.8 Å². The Morgan fingerprint density at radius 1 is 1.50 bits per heavy atom. The maximum absolute atomic E-state index is 12.5. The predicted molar refractivity (Wildman–Crippen MR) is 41.3 cm³/mol. The predicted octanol–water partition coefficient (Wildman–Crippen LogP) is 0.443. The molecular formula is C6H5BClFO. The van der Waals surface area contributed by atoms with Gasteiger partial charge in [0.25, 0.3) is 0 Å². The van der Waals surface area contributed by atoms with Crippen LogP contribution in [0, 0.1) is 5.82 Å². The highest BCUT2D eigenvalue weighted by atomic mass is 35.5. The molecule has 0 spiro atoms. The van der Waals surface area contributed by atoms with Crippen molar-refractivity contribution in [3.05, 3.63) is 23.0 Å². The lowest BCUT2D eigenvalue weighted by Crippen LogP contribution is -2.02. The first-order valence-electron chi connectivity index (χ1n) is 2.76. The third kappa shape index (κ3) is 1.24. The van der Waals surface area contributed by atoms with E-state index in [4.69, 9.17) is 16.7 Å². The summed E-state index contributed by atoms with van der Waals surface area (Å²) in [6.07, 6.45) is 0. The van der Waals surface area contributed by atoms with Crippen LogP contribution in [0.2, 0.25) is 5.02 Å². The van der Waals surface area contributed by atoms with Gasteiger partial charge in [-0.05, 0) is 11.5 Å². The minimum atomic E-state index is -0.593. The first-order valence-corrected chi connectivity index (χ1v) is 3.13. The van der Waals surface area contributed by atoms with E-state index in [1.165, 1.54) is 6.07 Å². The quantitative estimate of drug-likeness (QED) is 0.543. The van der Waals surface area contributed by atoms with Crippen LogP contribution < -0.4 is 5.46 Å². The van der Waals surface area contributed by atoms with Gasteiger partial charge in [0.05, 0.1) is 5.02 Å². The second-order valence-electron chi connectivity index (χ2n) is 2.05. The fourth-order valence-electron chi connectivity index (χ4n) is 0.636. The molecule has 0 aromatic heterocycles. The minimum Gasteiger partial charge on any atom is -0.508 e. The molecule has 0 radical (unpaired) electrons. The minimum absolute atomic E-state index is 0.0373. The molecule has 1 aromatic carbocycles. The van der Waals surface area contributed by atoms with Crippen molar-refractivity contribution in [3.63, 3.8) is 0 Å². The molecule has 1 N–H and O–H groups in total. The molecule has 0 amide bonds. The molecule has 0 unspecified atom stereocenters. The smallest absolute Gasteiger partial charge is 0.145 e. The van der Waals surface area contributed by atoms with Crippen molar-refractivity contribution in [2.45, 2.75) is 0 Å². The SMILES string of the molecule is Bc1cc(Cl)c(F)cc1O. The van der Waals surface area contributed by atoms with Crippen molar-refractivity contribution >= 4 is 24.9 Å². The lowest BCUT2D eigenvalue weighted by atomic mass is 9.95. The number of rotatable bonds is 0. The maximum atomic E-state index is 12.5. The van der Waals surface area contributed by atoms with E-state index in [9.17, 15) is 4.39 Å². The van der Waals surface area contributed by atoms with Crippen LogP contribution >= 0.6 is 11.6 Å². The van der Waals surface area contributed by atoms with Crippen molar-refractivity contribution < 1.29 is 9.50 Å².